The standard InChI is InChI=1S/C27H30ClN5O6.H2O/c1-37-26(36)32-27(16-4-5-21-22(12-16)31-15-30-21)14-17(6-9-33(27)8-2-3-10-34)39-25(35)19-13-20(28)23(29)18-7-11-38-24(18)19;/h4-5,10,12-13,15,17H,2-3,6-9,11,14,29H2,1H3,(H,30,31)(H,32,36);1H2. The first-order chi connectivity index (χ1) is 18.9. The highest BCUT2D eigenvalue weighted by Crippen LogP contribution is 2.41. The van der Waals surface area contributed by atoms with Gasteiger partial charge in [-0.1, -0.05) is 17.7 Å². The molecule has 40 heavy (non-hydrogen) atoms. The fourth-order valence-corrected chi connectivity index (χ4v) is 5.69. The lowest BCUT2D eigenvalue weighted by atomic mass is 9.85. The zero-order valence-corrected chi connectivity index (χ0v) is 22.8. The molecule has 0 saturated carbocycles. The van der Waals surface area contributed by atoms with Gasteiger partial charge in [0.2, 0.25) is 0 Å². The van der Waals surface area contributed by atoms with Gasteiger partial charge < -0.3 is 35.2 Å². The molecular weight excluding hydrogens is 542 g/mol. The van der Waals surface area contributed by atoms with Crippen molar-refractivity contribution in [3.63, 3.8) is 0 Å². The average Bonchev–Trinajstić information content (AvgIpc) is 3.61. The second-order valence-electron chi connectivity index (χ2n) is 9.65. The van der Waals surface area contributed by atoms with Crippen LogP contribution in [0.1, 0.15) is 47.2 Å². The zero-order chi connectivity index (χ0) is 27.6. The van der Waals surface area contributed by atoms with E-state index in [1.54, 1.807) is 6.33 Å². The number of imidazole rings is 1. The number of anilines is 1. The fraction of sp³-hybridized carbons (Fsp3) is 0.407. The summed E-state index contributed by atoms with van der Waals surface area (Å²) >= 11 is 6.31. The molecule has 2 unspecified atom stereocenters. The minimum absolute atomic E-state index is 0. The van der Waals surface area contributed by atoms with E-state index in [4.69, 9.17) is 31.5 Å². The number of ether oxygens (including phenoxy) is 3. The zero-order valence-electron chi connectivity index (χ0n) is 22.0. The third kappa shape index (κ3) is 5.42. The average molecular weight is 574 g/mol. The smallest absolute Gasteiger partial charge is 0.408 e. The molecule has 1 aromatic heterocycles. The molecule has 2 atom stereocenters. The number of halogens is 1. The number of methoxy groups -OCH3 is 1. The maximum absolute atomic E-state index is 13.4. The van der Waals surface area contributed by atoms with Crippen LogP contribution in [-0.2, 0) is 26.4 Å². The maximum atomic E-state index is 13.4. The number of likely N-dealkylation sites (tertiary alicyclic amines) is 1. The molecule has 0 aliphatic carbocycles. The van der Waals surface area contributed by atoms with Crippen molar-refractivity contribution in [2.45, 2.75) is 43.9 Å². The van der Waals surface area contributed by atoms with Crippen LogP contribution in [0, 0.1) is 0 Å². The maximum Gasteiger partial charge on any atom is 0.408 e. The Morgan fingerprint density at radius 3 is 2.98 bits per heavy atom. The molecule has 5 rings (SSSR count). The Morgan fingerprint density at radius 1 is 1.38 bits per heavy atom. The van der Waals surface area contributed by atoms with Crippen LogP contribution in [-0.4, -0.2) is 71.6 Å². The van der Waals surface area contributed by atoms with E-state index in [1.165, 1.54) is 13.2 Å². The van der Waals surface area contributed by atoms with Gasteiger partial charge in [0.05, 0.1) is 41.8 Å². The van der Waals surface area contributed by atoms with Gasteiger partial charge in [-0.15, -0.1) is 0 Å². The summed E-state index contributed by atoms with van der Waals surface area (Å²) in [4.78, 5) is 46.7. The van der Waals surface area contributed by atoms with E-state index in [1.807, 2.05) is 18.2 Å². The molecule has 214 valence electrons. The number of H-pyrrole nitrogens is 1. The molecule has 3 aromatic rings. The van der Waals surface area contributed by atoms with Crippen LogP contribution in [0.3, 0.4) is 0 Å². The number of hydrogen-bond donors (Lipinski definition) is 3. The van der Waals surface area contributed by atoms with Gasteiger partial charge in [-0.2, -0.15) is 0 Å². The number of aromatic amines is 1. The predicted molar refractivity (Wildman–Crippen MR) is 147 cm³/mol. The monoisotopic (exact) mass is 573 g/mol. The Hall–Kier alpha value is -3.87. The molecule has 0 spiro atoms. The third-order valence-electron chi connectivity index (χ3n) is 7.39. The third-order valence-corrected chi connectivity index (χ3v) is 7.70. The van der Waals surface area contributed by atoms with E-state index in [0.29, 0.717) is 62.4 Å². The molecular formula is C27H32ClN5O7. The Labute approximate surface area is 235 Å². The number of nitrogens with two attached hydrogens (primary N) is 1. The number of amides is 1. The van der Waals surface area contributed by atoms with Gasteiger partial charge in [0.25, 0.3) is 0 Å². The van der Waals surface area contributed by atoms with Crippen molar-refractivity contribution < 1.29 is 34.1 Å². The number of nitrogens with one attached hydrogen (secondary N) is 2. The molecule has 13 heteroatoms. The molecule has 2 aliphatic heterocycles. The highest BCUT2D eigenvalue weighted by Gasteiger charge is 2.47. The summed E-state index contributed by atoms with van der Waals surface area (Å²) in [5, 5.41) is 3.29. The van der Waals surface area contributed by atoms with Gasteiger partial charge in [0.1, 0.15) is 29.4 Å². The largest absolute Gasteiger partial charge is 0.492 e. The van der Waals surface area contributed by atoms with Crippen molar-refractivity contribution in [3.05, 3.63) is 52.3 Å². The molecule has 1 saturated heterocycles. The van der Waals surface area contributed by atoms with Crippen LogP contribution < -0.4 is 15.8 Å². The number of nitrogen functional groups attached to an aromatic ring is 1. The van der Waals surface area contributed by atoms with Crippen LogP contribution in [0.4, 0.5) is 10.5 Å². The summed E-state index contributed by atoms with van der Waals surface area (Å²) in [6.07, 6.45) is 3.55. The summed E-state index contributed by atoms with van der Waals surface area (Å²) < 4.78 is 16.7. The second-order valence-corrected chi connectivity index (χ2v) is 10.1. The SMILES string of the molecule is COC(=O)NC1(c2ccc3nc[nH]c3c2)CC(OC(=O)c2cc(Cl)c(N)c3c2OCC3)CCN1CCCC=O.O. The number of unbranched alkanes of at least 4 members (excludes halogenated alkanes) is 1. The molecule has 1 amide bonds. The lowest BCUT2D eigenvalue weighted by molar-refractivity contribution is -0.108. The first-order valence-electron chi connectivity index (χ1n) is 12.8. The van der Waals surface area contributed by atoms with Crippen LogP contribution >= 0.6 is 11.6 Å². The number of benzene rings is 2. The summed E-state index contributed by atoms with van der Waals surface area (Å²) in [6.45, 7) is 1.42. The van der Waals surface area contributed by atoms with E-state index in [-0.39, 0.29) is 22.5 Å². The Bertz CT molecular complexity index is 1410. The van der Waals surface area contributed by atoms with Gasteiger partial charge in [-0.05, 0) is 36.6 Å². The minimum Gasteiger partial charge on any atom is -0.492 e. The number of piperidine rings is 1. The number of rotatable bonds is 8. The van der Waals surface area contributed by atoms with Crippen molar-refractivity contribution >= 4 is 46.7 Å². The van der Waals surface area contributed by atoms with Gasteiger partial charge in [-0.3, -0.25) is 10.2 Å². The second kappa shape index (κ2) is 12.1. The number of fused-ring (bicyclic) bond motifs is 2. The molecule has 6 N–H and O–H groups in total. The minimum atomic E-state index is -1.09. The van der Waals surface area contributed by atoms with Crippen LogP contribution in [0.2, 0.25) is 5.02 Å². The Kier molecular flexibility index (Phi) is 8.82. The van der Waals surface area contributed by atoms with Gasteiger partial charge in [0, 0.05) is 37.9 Å². The van der Waals surface area contributed by atoms with E-state index < -0.39 is 23.8 Å². The lowest BCUT2D eigenvalue weighted by Crippen LogP contribution is -2.63. The number of alkyl carbamates (subject to hydrolysis) is 1. The molecule has 0 bridgehead atoms. The molecule has 1 fully saturated rings. The van der Waals surface area contributed by atoms with Crippen LogP contribution in [0.15, 0.2) is 30.6 Å². The highest BCUT2D eigenvalue weighted by molar-refractivity contribution is 6.33. The van der Waals surface area contributed by atoms with E-state index in [0.717, 1.165) is 22.9 Å². The van der Waals surface area contributed by atoms with Gasteiger partial charge in [0.15, 0.2) is 0 Å². The first kappa shape index (κ1) is 29.1. The first-order valence-corrected chi connectivity index (χ1v) is 13.2. The van der Waals surface area contributed by atoms with Crippen molar-refractivity contribution in [3.8, 4) is 5.75 Å². The molecule has 2 aliphatic rings. The highest BCUT2D eigenvalue weighted by atomic mass is 35.5. The normalized spacial score (nSPS) is 20.2. The Morgan fingerprint density at radius 2 is 2.20 bits per heavy atom. The number of aldehydes is 1. The number of hydrogen-bond acceptors (Lipinski definition) is 9. The summed E-state index contributed by atoms with van der Waals surface area (Å²) in [5.41, 5.74) is 8.65. The molecule has 2 aromatic carbocycles. The molecule has 3 heterocycles. The van der Waals surface area contributed by atoms with Crippen LogP contribution in [0.5, 0.6) is 5.75 Å². The van der Waals surface area contributed by atoms with Crippen molar-refractivity contribution in [1.29, 1.82) is 0 Å². The quantitative estimate of drug-likeness (QED) is 0.158. The number of aromatic nitrogens is 2. The van der Waals surface area contributed by atoms with Crippen molar-refractivity contribution in [2.75, 3.05) is 32.5 Å². The predicted octanol–water partition coefficient (Wildman–Crippen LogP) is 2.72. The Balaban J connectivity index is 0.00000370. The van der Waals surface area contributed by atoms with Crippen LogP contribution in [0.25, 0.3) is 11.0 Å². The van der Waals surface area contributed by atoms with Gasteiger partial charge >= 0.3 is 12.1 Å². The summed E-state index contributed by atoms with van der Waals surface area (Å²) in [5.74, 6) is -0.178. The fourth-order valence-electron chi connectivity index (χ4n) is 5.47. The van der Waals surface area contributed by atoms with E-state index >= 15 is 0 Å². The molecule has 12 nitrogen and oxygen atoms in total. The van der Waals surface area contributed by atoms with E-state index in [2.05, 4.69) is 20.2 Å². The number of carbonyl (C=O) groups is 3. The lowest BCUT2D eigenvalue weighted by Gasteiger charge is -2.49. The number of esters is 1. The van der Waals surface area contributed by atoms with E-state index in [9.17, 15) is 14.4 Å². The van der Waals surface area contributed by atoms with Gasteiger partial charge in [-0.25, -0.2) is 14.6 Å². The van der Waals surface area contributed by atoms with Crippen molar-refractivity contribution in [1.82, 2.24) is 20.2 Å². The number of nitrogens with zero attached hydrogens (tertiary/aromatic N) is 2. The molecule has 0 radical (unpaired) electrons. The topological polar surface area (TPSA) is 180 Å². The number of carbonyl (C=O) groups excluding carboxylic acids is 3. The summed E-state index contributed by atoms with van der Waals surface area (Å²) in [6, 6.07) is 7.13. The van der Waals surface area contributed by atoms with Crippen molar-refractivity contribution in [2.24, 2.45) is 0 Å². The summed E-state index contributed by atoms with van der Waals surface area (Å²) in [7, 11) is 1.30.